The van der Waals surface area contributed by atoms with Crippen LogP contribution in [0.4, 0.5) is 0 Å². The molecule has 4 aromatic rings. The predicted octanol–water partition coefficient (Wildman–Crippen LogP) is 3.86. The van der Waals surface area contributed by atoms with Crippen molar-refractivity contribution in [3.8, 4) is 22.6 Å². The maximum Gasteiger partial charge on any atom is 0.274 e. The first-order valence-corrected chi connectivity index (χ1v) is 10.4. The molecule has 1 unspecified atom stereocenters. The minimum Gasteiger partial charge on any atom is -0.760 e. The van der Waals surface area contributed by atoms with Gasteiger partial charge in [0.15, 0.2) is 5.75 Å². The Bertz CT molecular complexity index is 1300. The fourth-order valence-corrected chi connectivity index (χ4v) is 3.85. The Morgan fingerprint density at radius 3 is 2.70 bits per heavy atom. The van der Waals surface area contributed by atoms with E-state index in [1.165, 1.54) is 4.57 Å². The second-order valence-corrected chi connectivity index (χ2v) is 7.82. The third-order valence-corrected chi connectivity index (χ3v) is 5.31. The van der Waals surface area contributed by atoms with E-state index in [1.807, 2.05) is 36.4 Å². The third kappa shape index (κ3) is 4.03. The van der Waals surface area contributed by atoms with E-state index in [2.05, 4.69) is 9.71 Å². The summed E-state index contributed by atoms with van der Waals surface area (Å²) in [5.74, 6) is 1.01. The highest BCUT2D eigenvalue weighted by molar-refractivity contribution is 7.77. The van der Waals surface area contributed by atoms with Crippen LogP contribution in [-0.4, -0.2) is 18.3 Å². The first kappa shape index (κ1) is 20.4. The summed E-state index contributed by atoms with van der Waals surface area (Å²) in [5.41, 5.74) is 2.32. The number of nitrogens with zero attached hydrogens (tertiary/aromatic N) is 1. The smallest absolute Gasteiger partial charge is 0.274 e. The van der Waals surface area contributed by atoms with Crippen LogP contribution in [0.1, 0.15) is 5.56 Å². The summed E-state index contributed by atoms with van der Waals surface area (Å²) in [6.07, 6.45) is 3.41. The molecular formula is C21H17ClN3O4S-. The summed E-state index contributed by atoms with van der Waals surface area (Å²) in [6, 6.07) is 14.5. The zero-order valence-electron chi connectivity index (χ0n) is 15.8. The minimum atomic E-state index is -2.41. The Kier molecular flexibility index (Phi) is 5.74. The summed E-state index contributed by atoms with van der Waals surface area (Å²) in [5, 5.41) is 1.03. The van der Waals surface area contributed by atoms with Crippen LogP contribution in [0.5, 0.6) is 11.5 Å². The van der Waals surface area contributed by atoms with Gasteiger partial charge < -0.3 is 18.8 Å². The molecule has 154 valence electrons. The van der Waals surface area contributed by atoms with E-state index in [0.29, 0.717) is 38.6 Å². The number of nitrogens with one attached hydrogen (secondary N) is 2. The van der Waals surface area contributed by atoms with Crippen LogP contribution in [0.2, 0.25) is 5.02 Å². The van der Waals surface area contributed by atoms with Gasteiger partial charge in [0.05, 0.1) is 5.02 Å². The number of fused-ring (bicyclic) bond motifs is 1. The van der Waals surface area contributed by atoms with Crippen molar-refractivity contribution in [3.05, 3.63) is 81.9 Å². The molecule has 0 bridgehead atoms. The van der Waals surface area contributed by atoms with Crippen LogP contribution in [0, 0.1) is 0 Å². The molecule has 0 aliphatic rings. The largest absolute Gasteiger partial charge is 0.760 e. The molecule has 2 N–H and O–H groups in total. The van der Waals surface area contributed by atoms with Crippen LogP contribution in [0.25, 0.3) is 22.0 Å². The molecule has 2 aromatic heterocycles. The van der Waals surface area contributed by atoms with Crippen LogP contribution < -0.4 is 15.0 Å². The van der Waals surface area contributed by atoms with Gasteiger partial charge in [0, 0.05) is 53.8 Å². The van der Waals surface area contributed by atoms with Gasteiger partial charge in [-0.05, 0) is 35.9 Å². The van der Waals surface area contributed by atoms with E-state index in [-0.39, 0.29) is 12.1 Å². The number of aryl methyl sites for hydroxylation is 1. The Hall–Kier alpha value is -2.91. The molecule has 1 atom stereocenters. The van der Waals surface area contributed by atoms with Gasteiger partial charge in [-0.25, -0.2) is 4.72 Å². The van der Waals surface area contributed by atoms with E-state index in [9.17, 15) is 13.6 Å². The number of para-hydroxylation sites is 1. The van der Waals surface area contributed by atoms with Crippen LogP contribution >= 0.6 is 11.6 Å². The molecule has 7 nitrogen and oxygen atoms in total. The maximum absolute atomic E-state index is 12.5. The van der Waals surface area contributed by atoms with Crippen LogP contribution in [0.15, 0.2) is 65.7 Å². The molecule has 0 spiro atoms. The normalized spacial score (nSPS) is 12.2. The molecule has 30 heavy (non-hydrogen) atoms. The van der Waals surface area contributed by atoms with Crippen molar-refractivity contribution >= 4 is 33.8 Å². The van der Waals surface area contributed by atoms with Crippen molar-refractivity contribution in [1.82, 2.24) is 14.3 Å². The second kappa shape index (κ2) is 8.45. The average molecular weight is 443 g/mol. The first-order valence-electron chi connectivity index (χ1n) is 8.99. The van der Waals surface area contributed by atoms with E-state index >= 15 is 0 Å². The lowest BCUT2D eigenvalue weighted by molar-refractivity contribution is 0.484. The number of hydrogen-bond acceptors (Lipinski definition) is 4. The Labute approximate surface area is 179 Å². The lowest BCUT2D eigenvalue weighted by Gasteiger charge is -2.17. The van der Waals surface area contributed by atoms with Gasteiger partial charge in [-0.3, -0.25) is 9.00 Å². The highest BCUT2D eigenvalue weighted by atomic mass is 35.5. The van der Waals surface area contributed by atoms with Gasteiger partial charge in [-0.1, -0.05) is 29.8 Å². The van der Waals surface area contributed by atoms with Crippen molar-refractivity contribution in [1.29, 1.82) is 0 Å². The minimum absolute atomic E-state index is 0.0660. The molecule has 2 aromatic carbocycles. The van der Waals surface area contributed by atoms with E-state index in [0.717, 1.165) is 5.56 Å². The van der Waals surface area contributed by atoms with Crippen molar-refractivity contribution < 1.29 is 13.5 Å². The number of rotatable bonds is 6. The summed E-state index contributed by atoms with van der Waals surface area (Å²) >= 11 is 4.15. The number of hydrogen-bond donors (Lipinski definition) is 2. The Morgan fingerprint density at radius 1 is 1.20 bits per heavy atom. The average Bonchev–Trinajstić information content (AvgIpc) is 3.22. The topological polar surface area (TPSA) is 99.2 Å². The molecule has 0 aliphatic heterocycles. The van der Waals surface area contributed by atoms with Gasteiger partial charge in [0.25, 0.3) is 5.56 Å². The molecule has 0 aliphatic carbocycles. The summed E-state index contributed by atoms with van der Waals surface area (Å²) < 4.78 is 31.8. The maximum atomic E-state index is 12.5. The fourth-order valence-electron chi connectivity index (χ4n) is 3.29. The number of halogens is 1. The summed E-state index contributed by atoms with van der Waals surface area (Å²) in [4.78, 5) is 15.4. The highest BCUT2D eigenvalue weighted by Crippen LogP contribution is 2.42. The number of benzene rings is 2. The van der Waals surface area contributed by atoms with Gasteiger partial charge >= 0.3 is 0 Å². The second-order valence-electron chi connectivity index (χ2n) is 6.65. The summed E-state index contributed by atoms with van der Waals surface area (Å²) in [7, 11) is 1.66. The first-order chi connectivity index (χ1) is 14.4. The molecule has 0 amide bonds. The van der Waals surface area contributed by atoms with E-state index in [4.69, 9.17) is 16.3 Å². The van der Waals surface area contributed by atoms with Crippen molar-refractivity contribution in [2.75, 3.05) is 0 Å². The van der Waals surface area contributed by atoms with E-state index < -0.39 is 11.3 Å². The lowest BCUT2D eigenvalue weighted by Crippen LogP contribution is -2.17. The lowest BCUT2D eigenvalue weighted by atomic mass is 10.00. The molecule has 0 radical (unpaired) electrons. The molecular weight excluding hydrogens is 426 g/mol. The van der Waals surface area contributed by atoms with Gasteiger partial charge in [0.1, 0.15) is 11.3 Å². The van der Waals surface area contributed by atoms with Crippen LogP contribution in [-0.2, 0) is 24.9 Å². The quantitative estimate of drug-likeness (QED) is 0.443. The number of aromatic nitrogens is 2. The third-order valence-electron chi connectivity index (χ3n) is 4.64. The molecule has 2 heterocycles. The molecule has 4 rings (SSSR count). The highest BCUT2D eigenvalue weighted by Gasteiger charge is 2.18. The number of ether oxygens (including phenoxy) is 1. The Morgan fingerprint density at radius 2 is 1.97 bits per heavy atom. The molecule has 9 heteroatoms. The number of pyridine rings is 1. The van der Waals surface area contributed by atoms with Gasteiger partial charge in [-0.15, -0.1) is 0 Å². The van der Waals surface area contributed by atoms with Crippen molar-refractivity contribution in [3.63, 3.8) is 0 Å². The van der Waals surface area contributed by atoms with Crippen LogP contribution in [0.3, 0.4) is 0 Å². The molecule has 0 saturated carbocycles. The zero-order chi connectivity index (χ0) is 21.3. The van der Waals surface area contributed by atoms with Crippen molar-refractivity contribution in [2.45, 2.75) is 6.54 Å². The zero-order valence-corrected chi connectivity index (χ0v) is 17.4. The SMILES string of the molecule is Cn1cc(-c2cc(CNS(=O)[O-])cc(Cl)c2Oc2ccccc2)c2cc[nH]c2c1=O. The monoisotopic (exact) mass is 442 g/mol. The fraction of sp³-hybridized carbons (Fsp3) is 0.0952. The molecule has 0 saturated heterocycles. The predicted molar refractivity (Wildman–Crippen MR) is 116 cm³/mol. The Balaban J connectivity index is 1.94. The van der Waals surface area contributed by atoms with Crippen molar-refractivity contribution in [2.24, 2.45) is 7.05 Å². The van der Waals surface area contributed by atoms with Gasteiger partial charge in [-0.2, -0.15) is 0 Å². The standard InChI is InChI=1S/C21H18ClN3O4S/c1-25-12-17(15-7-8-23-19(15)21(25)26)16-9-13(11-24-30(27)28)10-18(22)20(16)29-14-5-3-2-4-6-14/h2-10,12,23-24H,11H2,1H3,(H,27,28)/p-1. The van der Waals surface area contributed by atoms with Gasteiger partial charge in [0.2, 0.25) is 0 Å². The molecule has 0 fully saturated rings. The number of H-pyrrole nitrogens is 1. The summed E-state index contributed by atoms with van der Waals surface area (Å²) in [6.45, 7) is 0.0660. The van der Waals surface area contributed by atoms with E-state index in [1.54, 1.807) is 31.6 Å². The number of aromatic amines is 1.